The van der Waals surface area contributed by atoms with Gasteiger partial charge in [0.05, 0.1) is 29.9 Å². The van der Waals surface area contributed by atoms with E-state index < -0.39 is 9.84 Å². The van der Waals surface area contributed by atoms with E-state index in [2.05, 4.69) is 10.00 Å². The van der Waals surface area contributed by atoms with Crippen molar-refractivity contribution >= 4 is 22.1 Å². The third-order valence-electron chi connectivity index (χ3n) is 5.85. The summed E-state index contributed by atoms with van der Waals surface area (Å²) in [6, 6.07) is -0.0479. The second kappa shape index (κ2) is 7.07. The molecule has 10 heteroatoms. The van der Waals surface area contributed by atoms with Gasteiger partial charge in [-0.1, -0.05) is 0 Å². The van der Waals surface area contributed by atoms with Crippen LogP contribution in [0.15, 0.2) is 0 Å². The number of sulfone groups is 1. The van der Waals surface area contributed by atoms with Crippen LogP contribution in [0.25, 0.3) is 0 Å². The van der Waals surface area contributed by atoms with E-state index in [0.29, 0.717) is 25.6 Å². The summed E-state index contributed by atoms with van der Waals surface area (Å²) in [4.78, 5) is 2.17. The first-order chi connectivity index (χ1) is 13.2. The topological polar surface area (TPSA) is 78.0 Å². The Balaban J connectivity index is 1.50. The van der Waals surface area contributed by atoms with E-state index in [9.17, 15) is 8.42 Å². The van der Waals surface area contributed by atoms with Crippen molar-refractivity contribution in [3.8, 4) is 0 Å². The highest BCUT2D eigenvalue weighted by atomic mass is 32.2. The van der Waals surface area contributed by atoms with Crippen LogP contribution in [0, 0.1) is 18.6 Å². The fourth-order valence-electron chi connectivity index (χ4n) is 4.09. The van der Waals surface area contributed by atoms with Crippen molar-refractivity contribution in [3.05, 3.63) is 27.5 Å². The normalized spacial score (nSPS) is 21.7. The summed E-state index contributed by atoms with van der Waals surface area (Å²) in [6.45, 7) is 5.36. The van der Waals surface area contributed by atoms with Gasteiger partial charge in [-0.15, -0.1) is 0 Å². The summed E-state index contributed by atoms with van der Waals surface area (Å²) in [5, 5.41) is 9.39. The van der Waals surface area contributed by atoms with Crippen molar-refractivity contribution in [3.63, 3.8) is 0 Å². The molecule has 2 aliphatic rings. The highest BCUT2D eigenvalue weighted by Crippen LogP contribution is 2.38. The van der Waals surface area contributed by atoms with Crippen LogP contribution >= 0.6 is 12.2 Å². The average Bonchev–Trinajstić information content (AvgIpc) is 3.29. The van der Waals surface area contributed by atoms with E-state index >= 15 is 0 Å². The summed E-state index contributed by atoms with van der Waals surface area (Å²) in [6.07, 6.45) is 3.04. The molecule has 8 nitrogen and oxygen atoms in total. The first-order valence-corrected chi connectivity index (χ1v) is 12.0. The third kappa shape index (κ3) is 3.69. The summed E-state index contributed by atoms with van der Waals surface area (Å²) in [7, 11) is 1.11. The molecule has 1 saturated heterocycles. The number of hydrogen-bond donors (Lipinski definition) is 0. The summed E-state index contributed by atoms with van der Waals surface area (Å²) < 4.78 is 30.3. The molecule has 0 amide bonds. The maximum Gasteiger partial charge on any atom is 0.198 e. The maximum atomic E-state index is 11.8. The van der Waals surface area contributed by atoms with E-state index in [1.165, 1.54) is 12.8 Å². The van der Waals surface area contributed by atoms with Gasteiger partial charge in [0, 0.05) is 30.8 Å². The van der Waals surface area contributed by atoms with Gasteiger partial charge >= 0.3 is 0 Å². The van der Waals surface area contributed by atoms with E-state index in [4.69, 9.17) is 17.3 Å². The molecular formula is C18H28N6O2S2. The maximum absolute atomic E-state index is 11.8. The van der Waals surface area contributed by atoms with Crippen LogP contribution in [-0.4, -0.2) is 56.0 Å². The van der Waals surface area contributed by atoms with Crippen molar-refractivity contribution in [1.29, 1.82) is 0 Å². The molecule has 154 valence electrons. The average molecular weight is 425 g/mol. The van der Waals surface area contributed by atoms with Gasteiger partial charge in [0.2, 0.25) is 0 Å². The minimum Gasteiger partial charge on any atom is -0.307 e. The molecule has 1 atom stereocenters. The number of rotatable bonds is 6. The van der Waals surface area contributed by atoms with Crippen molar-refractivity contribution in [2.75, 3.05) is 18.6 Å². The SMILES string of the molecule is Cc1nn([C@H]2CCS(=O)(=O)C2)c(C)c1CN(C)Cn1nc(C2CC2)n(C)c1=S. The predicted octanol–water partition coefficient (Wildman–Crippen LogP) is 2.09. The molecule has 28 heavy (non-hydrogen) atoms. The van der Waals surface area contributed by atoms with Crippen LogP contribution in [0.3, 0.4) is 0 Å². The van der Waals surface area contributed by atoms with Crippen molar-refractivity contribution in [2.24, 2.45) is 7.05 Å². The molecule has 4 rings (SSSR count). The number of aromatic nitrogens is 5. The fourth-order valence-corrected chi connectivity index (χ4v) is 5.98. The Hall–Kier alpha value is -1.52. The number of hydrogen-bond acceptors (Lipinski definition) is 6. The Morgan fingerprint density at radius 2 is 1.93 bits per heavy atom. The van der Waals surface area contributed by atoms with Crippen LogP contribution in [0.4, 0.5) is 0 Å². The predicted molar refractivity (Wildman–Crippen MR) is 109 cm³/mol. The van der Waals surface area contributed by atoms with Crippen molar-refractivity contribution < 1.29 is 8.42 Å². The minimum absolute atomic E-state index is 0.0479. The lowest BCUT2D eigenvalue weighted by Gasteiger charge is -2.17. The van der Waals surface area contributed by atoms with Gasteiger partial charge in [0.25, 0.3) is 0 Å². The lowest BCUT2D eigenvalue weighted by Crippen LogP contribution is -2.23. The Kier molecular flexibility index (Phi) is 4.99. The quantitative estimate of drug-likeness (QED) is 0.661. The molecule has 1 aliphatic heterocycles. The first-order valence-electron chi connectivity index (χ1n) is 9.73. The van der Waals surface area contributed by atoms with Crippen LogP contribution in [-0.2, 0) is 30.1 Å². The minimum atomic E-state index is -2.93. The van der Waals surface area contributed by atoms with Crippen LogP contribution in [0.2, 0.25) is 0 Å². The molecule has 0 unspecified atom stereocenters. The molecule has 1 aliphatic carbocycles. The Morgan fingerprint density at radius 1 is 1.21 bits per heavy atom. The van der Waals surface area contributed by atoms with E-state index in [1.54, 1.807) is 0 Å². The van der Waals surface area contributed by atoms with Gasteiger partial charge < -0.3 is 4.57 Å². The molecule has 0 spiro atoms. The third-order valence-corrected chi connectivity index (χ3v) is 8.08. The van der Waals surface area contributed by atoms with Crippen LogP contribution in [0.5, 0.6) is 0 Å². The molecule has 0 aromatic carbocycles. The molecule has 2 aromatic heterocycles. The molecular weight excluding hydrogens is 396 g/mol. The van der Waals surface area contributed by atoms with Crippen molar-refractivity contribution in [1.82, 2.24) is 29.0 Å². The standard InChI is InChI=1S/C18H28N6O2S2/c1-12-16(13(2)24(19-12)15-7-8-28(25,26)10-15)9-21(3)11-23-18(27)22(4)17(20-23)14-5-6-14/h14-15H,5-11H2,1-4H3/t15-/m0/s1. The van der Waals surface area contributed by atoms with E-state index in [0.717, 1.165) is 27.5 Å². The zero-order chi connectivity index (χ0) is 20.2. The largest absolute Gasteiger partial charge is 0.307 e. The molecule has 3 heterocycles. The fraction of sp³-hybridized carbons (Fsp3) is 0.722. The summed E-state index contributed by atoms with van der Waals surface area (Å²) in [5.74, 6) is 2.09. The lowest BCUT2D eigenvalue weighted by atomic mass is 10.2. The molecule has 1 saturated carbocycles. The highest BCUT2D eigenvalue weighted by molar-refractivity contribution is 7.91. The Labute approximate surface area is 171 Å². The zero-order valence-electron chi connectivity index (χ0n) is 16.9. The molecule has 2 aromatic rings. The summed E-state index contributed by atoms with van der Waals surface area (Å²) >= 11 is 5.56. The zero-order valence-corrected chi connectivity index (χ0v) is 18.6. The van der Waals surface area contributed by atoms with Gasteiger partial charge in [-0.25, -0.2) is 13.1 Å². The highest BCUT2D eigenvalue weighted by Gasteiger charge is 2.32. The Morgan fingerprint density at radius 3 is 2.54 bits per heavy atom. The van der Waals surface area contributed by atoms with Gasteiger partial charge in [0.15, 0.2) is 14.6 Å². The Bertz CT molecular complexity index is 1060. The first kappa shape index (κ1) is 19.8. The van der Waals surface area contributed by atoms with Gasteiger partial charge in [-0.05, 0) is 52.4 Å². The number of aryl methyl sites for hydroxylation is 1. The lowest BCUT2D eigenvalue weighted by molar-refractivity contribution is 0.242. The van der Waals surface area contributed by atoms with E-state index in [1.807, 2.05) is 41.9 Å². The monoisotopic (exact) mass is 424 g/mol. The van der Waals surface area contributed by atoms with Gasteiger partial charge in [-0.2, -0.15) is 10.2 Å². The smallest absolute Gasteiger partial charge is 0.198 e. The van der Waals surface area contributed by atoms with Crippen molar-refractivity contribution in [2.45, 2.75) is 58.3 Å². The second-order valence-corrected chi connectivity index (χ2v) is 10.9. The molecule has 0 radical (unpaired) electrons. The molecule has 0 bridgehead atoms. The molecule has 2 fully saturated rings. The van der Waals surface area contributed by atoms with Crippen LogP contribution in [0.1, 0.15) is 54.0 Å². The molecule has 0 N–H and O–H groups in total. The number of nitrogens with zero attached hydrogens (tertiary/aromatic N) is 6. The van der Waals surface area contributed by atoms with Gasteiger partial charge in [-0.3, -0.25) is 9.58 Å². The van der Waals surface area contributed by atoms with E-state index in [-0.39, 0.29) is 17.5 Å². The second-order valence-electron chi connectivity index (χ2n) is 8.28. The van der Waals surface area contributed by atoms with Gasteiger partial charge in [0.1, 0.15) is 5.82 Å². The summed E-state index contributed by atoms with van der Waals surface area (Å²) in [5.41, 5.74) is 3.16. The van der Waals surface area contributed by atoms with Crippen LogP contribution < -0.4 is 0 Å².